The molecule has 1 atom stereocenters. The Morgan fingerprint density at radius 1 is 1.20 bits per heavy atom. The minimum atomic E-state index is -0.605. The summed E-state index contributed by atoms with van der Waals surface area (Å²) in [6.07, 6.45) is 0.344. The molecule has 0 bridgehead atoms. The molecule has 0 aromatic heterocycles. The van der Waals surface area contributed by atoms with Crippen LogP contribution in [0, 0.1) is 6.92 Å². The molecule has 5 nitrogen and oxygen atoms in total. The molecular formula is C20H22N2O3. The molecule has 0 spiro atoms. The highest BCUT2D eigenvalue weighted by atomic mass is 16.5. The molecule has 0 aliphatic carbocycles. The lowest BCUT2D eigenvalue weighted by atomic mass is 10.1. The number of carbonyl (C=O) groups excluding carboxylic acids is 2. The van der Waals surface area contributed by atoms with E-state index in [-0.39, 0.29) is 18.4 Å². The highest BCUT2D eigenvalue weighted by molar-refractivity contribution is 6.06. The van der Waals surface area contributed by atoms with E-state index in [2.05, 4.69) is 12.2 Å². The Labute approximate surface area is 147 Å². The van der Waals surface area contributed by atoms with Crippen LogP contribution >= 0.6 is 0 Å². The molecule has 1 aliphatic heterocycles. The summed E-state index contributed by atoms with van der Waals surface area (Å²) in [6, 6.07) is 13.3. The molecule has 2 amide bonds. The molecule has 1 aliphatic rings. The van der Waals surface area contributed by atoms with Crippen molar-refractivity contribution in [2.24, 2.45) is 0 Å². The lowest BCUT2D eigenvalue weighted by molar-refractivity contribution is -0.127. The van der Waals surface area contributed by atoms with Gasteiger partial charge in [-0.3, -0.25) is 14.5 Å². The van der Waals surface area contributed by atoms with Gasteiger partial charge >= 0.3 is 0 Å². The first-order valence-electron chi connectivity index (χ1n) is 8.45. The quantitative estimate of drug-likeness (QED) is 0.930. The topological polar surface area (TPSA) is 58.6 Å². The lowest BCUT2D eigenvalue weighted by Crippen LogP contribution is -2.47. The van der Waals surface area contributed by atoms with E-state index in [1.54, 1.807) is 6.92 Å². The third-order valence-corrected chi connectivity index (χ3v) is 4.27. The van der Waals surface area contributed by atoms with Gasteiger partial charge in [-0.1, -0.05) is 25.1 Å². The molecule has 3 rings (SSSR count). The van der Waals surface area contributed by atoms with Gasteiger partial charge in [0.15, 0.2) is 6.10 Å². The molecule has 5 heteroatoms. The molecule has 130 valence electrons. The maximum absolute atomic E-state index is 12.5. The number of amides is 2. The van der Waals surface area contributed by atoms with Gasteiger partial charge in [-0.2, -0.15) is 0 Å². The van der Waals surface area contributed by atoms with Crippen LogP contribution in [0.3, 0.4) is 0 Å². The van der Waals surface area contributed by atoms with E-state index in [1.165, 1.54) is 10.5 Å². The molecule has 2 aromatic carbocycles. The number of rotatable bonds is 4. The zero-order valence-electron chi connectivity index (χ0n) is 14.7. The van der Waals surface area contributed by atoms with Gasteiger partial charge < -0.3 is 10.1 Å². The van der Waals surface area contributed by atoms with E-state index in [1.807, 2.05) is 49.4 Å². The molecular weight excluding hydrogens is 316 g/mol. The van der Waals surface area contributed by atoms with Gasteiger partial charge in [0.1, 0.15) is 12.3 Å². The molecule has 25 heavy (non-hydrogen) atoms. The van der Waals surface area contributed by atoms with E-state index in [4.69, 9.17) is 4.74 Å². The van der Waals surface area contributed by atoms with Crippen LogP contribution in [0.2, 0.25) is 0 Å². The van der Waals surface area contributed by atoms with E-state index in [0.29, 0.717) is 11.4 Å². The maximum Gasteiger partial charge on any atom is 0.268 e. The van der Waals surface area contributed by atoms with Gasteiger partial charge in [0.05, 0.1) is 5.69 Å². The number of nitrogens with zero attached hydrogens (tertiary/aromatic N) is 1. The third kappa shape index (κ3) is 3.65. The number of benzene rings is 2. The van der Waals surface area contributed by atoms with Crippen LogP contribution in [0.15, 0.2) is 42.5 Å². The molecule has 1 N–H and O–H groups in total. The van der Waals surface area contributed by atoms with Gasteiger partial charge in [-0.15, -0.1) is 0 Å². The van der Waals surface area contributed by atoms with E-state index < -0.39 is 6.10 Å². The molecule has 1 unspecified atom stereocenters. The number of anilines is 2. The zero-order valence-corrected chi connectivity index (χ0v) is 14.7. The Kier molecular flexibility index (Phi) is 4.74. The van der Waals surface area contributed by atoms with Crippen LogP contribution in [-0.2, 0) is 16.0 Å². The number of carbonyl (C=O) groups is 2. The predicted octanol–water partition coefficient (Wildman–Crippen LogP) is 3.31. The van der Waals surface area contributed by atoms with Crippen molar-refractivity contribution in [1.82, 2.24) is 0 Å². The molecule has 0 fully saturated rings. The van der Waals surface area contributed by atoms with Crippen molar-refractivity contribution in [2.75, 3.05) is 16.8 Å². The first-order chi connectivity index (χ1) is 12.0. The Hall–Kier alpha value is -2.82. The number of fused-ring (bicyclic) bond motifs is 1. The highest BCUT2D eigenvalue weighted by Crippen LogP contribution is 2.34. The molecule has 0 saturated heterocycles. The third-order valence-electron chi connectivity index (χ3n) is 4.27. The number of nitrogens with one attached hydrogen (secondary N) is 1. The van der Waals surface area contributed by atoms with Crippen molar-refractivity contribution >= 4 is 23.2 Å². The van der Waals surface area contributed by atoms with Crippen molar-refractivity contribution in [3.8, 4) is 5.75 Å². The van der Waals surface area contributed by atoms with Gasteiger partial charge in [0, 0.05) is 5.69 Å². The largest absolute Gasteiger partial charge is 0.479 e. The normalized spacial score (nSPS) is 16.2. The summed E-state index contributed by atoms with van der Waals surface area (Å²) >= 11 is 0. The Balaban J connectivity index is 1.77. The average molecular weight is 338 g/mol. The van der Waals surface area contributed by atoms with Gasteiger partial charge in [0.2, 0.25) is 5.91 Å². The monoisotopic (exact) mass is 338 g/mol. The fraction of sp³-hybridized carbons (Fsp3) is 0.300. The van der Waals surface area contributed by atoms with Crippen LogP contribution in [0.5, 0.6) is 5.75 Å². The van der Waals surface area contributed by atoms with E-state index in [0.717, 1.165) is 17.7 Å². The SMILES string of the molecule is CCc1ccc(NC(=O)CN2C(=O)C(C)Oc3ccc(C)cc32)cc1. The smallest absolute Gasteiger partial charge is 0.268 e. The standard InChI is InChI=1S/C20H22N2O3/c1-4-15-6-8-16(9-7-15)21-19(23)12-22-17-11-13(2)5-10-18(17)25-14(3)20(22)24/h5-11,14H,4,12H2,1-3H3,(H,21,23). The molecule has 1 heterocycles. The summed E-state index contributed by atoms with van der Waals surface area (Å²) in [5, 5.41) is 2.85. The summed E-state index contributed by atoms with van der Waals surface area (Å²) in [5.41, 5.74) is 3.57. The van der Waals surface area contributed by atoms with Crippen LogP contribution in [0.4, 0.5) is 11.4 Å². The summed E-state index contributed by atoms with van der Waals surface area (Å²) in [5.74, 6) is 0.173. The van der Waals surface area contributed by atoms with Crippen molar-refractivity contribution in [3.63, 3.8) is 0 Å². The number of hydrogen-bond donors (Lipinski definition) is 1. The van der Waals surface area contributed by atoms with Crippen molar-refractivity contribution in [3.05, 3.63) is 53.6 Å². The summed E-state index contributed by atoms with van der Waals surface area (Å²) in [7, 11) is 0. The summed E-state index contributed by atoms with van der Waals surface area (Å²) < 4.78 is 5.63. The Bertz CT molecular complexity index is 799. The van der Waals surface area contributed by atoms with Crippen LogP contribution in [0.1, 0.15) is 25.0 Å². The minimum absolute atomic E-state index is 0.0431. The molecule has 2 aromatic rings. The summed E-state index contributed by atoms with van der Waals surface area (Å²) in [4.78, 5) is 26.4. The average Bonchev–Trinajstić information content (AvgIpc) is 2.60. The van der Waals surface area contributed by atoms with E-state index in [9.17, 15) is 9.59 Å². The Morgan fingerprint density at radius 2 is 1.92 bits per heavy atom. The second-order valence-corrected chi connectivity index (χ2v) is 6.25. The van der Waals surface area contributed by atoms with Gasteiger partial charge in [-0.05, 0) is 55.7 Å². The van der Waals surface area contributed by atoms with Crippen LogP contribution in [0.25, 0.3) is 0 Å². The van der Waals surface area contributed by atoms with Gasteiger partial charge in [0.25, 0.3) is 5.91 Å². The number of hydrogen-bond acceptors (Lipinski definition) is 3. The number of aryl methyl sites for hydroxylation is 2. The predicted molar refractivity (Wildman–Crippen MR) is 98.1 cm³/mol. The summed E-state index contributed by atoms with van der Waals surface area (Å²) in [6.45, 7) is 5.67. The lowest BCUT2D eigenvalue weighted by Gasteiger charge is -2.32. The second-order valence-electron chi connectivity index (χ2n) is 6.25. The minimum Gasteiger partial charge on any atom is -0.479 e. The fourth-order valence-electron chi connectivity index (χ4n) is 2.85. The highest BCUT2D eigenvalue weighted by Gasteiger charge is 2.32. The van der Waals surface area contributed by atoms with Crippen LogP contribution < -0.4 is 15.0 Å². The first kappa shape index (κ1) is 17.0. The van der Waals surface area contributed by atoms with Gasteiger partial charge in [-0.25, -0.2) is 0 Å². The van der Waals surface area contributed by atoms with E-state index >= 15 is 0 Å². The zero-order chi connectivity index (χ0) is 18.0. The van der Waals surface area contributed by atoms with Crippen molar-refractivity contribution < 1.29 is 14.3 Å². The second kappa shape index (κ2) is 6.97. The van der Waals surface area contributed by atoms with Crippen molar-refractivity contribution in [2.45, 2.75) is 33.3 Å². The van der Waals surface area contributed by atoms with Crippen molar-refractivity contribution in [1.29, 1.82) is 0 Å². The Morgan fingerprint density at radius 3 is 2.60 bits per heavy atom. The van der Waals surface area contributed by atoms with Crippen LogP contribution in [-0.4, -0.2) is 24.5 Å². The maximum atomic E-state index is 12.5. The number of ether oxygens (including phenoxy) is 1. The first-order valence-corrected chi connectivity index (χ1v) is 8.45. The molecule has 0 saturated carbocycles. The molecule has 0 radical (unpaired) electrons. The fourth-order valence-corrected chi connectivity index (χ4v) is 2.85.